The van der Waals surface area contributed by atoms with Crippen LogP contribution in [0, 0.1) is 0 Å². The molecule has 2 radical (unpaired) electrons. The molecule has 3 nitrogen and oxygen atoms in total. The van der Waals surface area contributed by atoms with Crippen molar-refractivity contribution < 1.29 is 13.2 Å². The van der Waals surface area contributed by atoms with E-state index in [1.54, 1.807) is 6.92 Å². The molecular formula is C9H17BF3N3. The monoisotopic (exact) mass is 235 g/mol. The van der Waals surface area contributed by atoms with Gasteiger partial charge in [-0.1, -0.05) is 20.3 Å². The summed E-state index contributed by atoms with van der Waals surface area (Å²) in [5.41, 5.74) is -1.85. The summed E-state index contributed by atoms with van der Waals surface area (Å²) in [5, 5.41) is 3.03. The Morgan fingerprint density at radius 3 is 2.31 bits per heavy atom. The Hall–Kier alpha value is -0.845. The van der Waals surface area contributed by atoms with Gasteiger partial charge in [0.25, 0.3) is 0 Å². The van der Waals surface area contributed by atoms with E-state index in [-0.39, 0.29) is 0 Å². The molecular weight excluding hydrogens is 218 g/mol. The van der Waals surface area contributed by atoms with Crippen LogP contribution in [-0.2, 0) is 0 Å². The summed E-state index contributed by atoms with van der Waals surface area (Å²) < 4.78 is 37.4. The third kappa shape index (κ3) is 5.30. The zero-order valence-electron chi connectivity index (χ0n) is 9.73. The smallest absolute Gasteiger partial charge is 0.393 e. The number of halogens is 3. The molecule has 0 aliphatic carbocycles. The van der Waals surface area contributed by atoms with Crippen LogP contribution in [0.5, 0.6) is 0 Å². The topological polar surface area (TPSA) is 41.3 Å². The number of hydrogen-bond donors (Lipinski definition) is 2. The van der Waals surface area contributed by atoms with E-state index in [4.69, 9.17) is 13.7 Å². The number of hydrogen-bond acceptors (Lipinski definition) is 3. The first-order chi connectivity index (χ1) is 7.10. The average molecular weight is 235 g/mol. The maximum atomic E-state index is 12.5. The lowest BCUT2D eigenvalue weighted by molar-refractivity contribution is -0.110. The first-order valence-corrected chi connectivity index (χ1v) is 4.92. The molecule has 0 fully saturated rings. The van der Waals surface area contributed by atoms with Gasteiger partial charge in [-0.3, -0.25) is 0 Å². The summed E-state index contributed by atoms with van der Waals surface area (Å²) in [7, 11) is 6.86. The lowest BCUT2D eigenvalue weighted by Gasteiger charge is -2.27. The third-order valence-electron chi connectivity index (χ3n) is 1.98. The SMILES string of the molecule is [B]C(C)(CCC)NC=C(N(C)N)C(F)(F)F. The Morgan fingerprint density at radius 1 is 1.50 bits per heavy atom. The van der Waals surface area contributed by atoms with Crippen LogP contribution >= 0.6 is 0 Å². The molecule has 16 heavy (non-hydrogen) atoms. The second-order valence-corrected chi connectivity index (χ2v) is 3.95. The zero-order valence-corrected chi connectivity index (χ0v) is 9.73. The van der Waals surface area contributed by atoms with Crippen molar-refractivity contribution in [2.24, 2.45) is 5.84 Å². The van der Waals surface area contributed by atoms with Crippen molar-refractivity contribution in [3.63, 3.8) is 0 Å². The summed E-state index contributed by atoms with van der Waals surface area (Å²) in [6, 6.07) is 0. The van der Waals surface area contributed by atoms with E-state index >= 15 is 0 Å². The van der Waals surface area contributed by atoms with E-state index in [1.165, 1.54) is 0 Å². The summed E-state index contributed by atoms with van der Waals surface area (Å²) in [4.78, 5) is 0. The Kier molecular flexibility index (Phi) is 5.18. The van der Waals surface area contributed by atoms with Crippen LogP contribution in [0.15, 0.2) is 11.9 Å². The lowest BCUT2D eigenvalue weighted by Crippen LogP contribution is -2.42. The Morgan fingerprint density at radius 2 is 2.00 bits per heavy atom. The molecule has 0 amide bonds. The van der Waals surface area contributed by atoms with Crippen molar-refractivity contribution in [2.45, 2.75) is 38.3 Å². The number of allylic oxidation sites excluding steroid dienone is 1. The summed E-state index contributed by atoms with van der Waals surface area (Å²) >= 11 is 0. The maximum absolute atomic E-state index is 12.5. The highest BCUT2D eigenvalue weighted by Crippen LogP contribution is 2.25. The van der Waals surface area contributed by atoms with Gasteiger partial charge in [0.15, 0.2) is 0 Å². The van der Waals surface area contributed by atoms with Gasteiger partial charge in [0.05, 0.1) is 0 Å². The van der Waals surface area contributed by atoms with E-state index in [0.717, 1.165) is 19.7 Å². The fourth-order valence-corrected chi connectivity index (χ4v) is 1.21. The molecule has 0 rings (SSSR count). The number of rotatable bonds is 5. The number of nitrogens with zero attached hydrogens (tertiary/aromatic N) is 1. The van der Waals surface area contributed by atoms with Gasteiger partial charge in [-0.2, -0.15) is 13.2 Å². The van der Waals surface area contributed by atoms with E-state index in [0.29, 0.717) is 11.4 Å². The van der Waals surface area contributed by atoms with Crippen molar-refractivity contribution in [3.8, 4) is 0 Å². The molecule has 0 heterocycles. The van der Waals surface area contributed by atoms with E-state index < -0.39 is 17.3 Å². The summed E-state index contributed by atoms with van der Waals surface area (Å²) in [5.74, 6) is 5.09. The van der Waals surface area contributed by atoms with Crippen LogP contribution in [0.25, 0.3) is 0 Å². The molecule has 0 aromatic carbocycles. The molecule has 1 unspecified atom stereocenters. The minimum Gasteiger partial charge on any atom is -0.393 e. The summed E-state index contributed by atoms with van der Waals surface area (Å²) in [6.45, 7) is 3.52. The van der Waals surface area contributed by atoms with Crippen LogP contribution in [0.4, 0.5) is 13.2 Å². The zero-order chi connectivity index (χ0) is 13.0. The molecule has 0 aliphatic rings. The first kappa shape index (κ1) is 15.2. The minimum absolute atomic E-state index is 0.509. The normalized spacial score (nSPS) is 16.8. The van der Waals surface area contributed by atoms with Gasteiger partial charge in [-0.15, -0.1) is 0 Å². The van der Waals surface area contributed by atoms with Gasteiger partial charge < -0.3 is 10.3 Å². The van der Waals surface area contributed by atoms with Crippen LogP contribution in [0.2, 0.25) is 0 Å². The van der Waals surface area contributed by atoms with Crippen molar-refractivity contribution in [1.82, 2.24) is 10.3 Å². The van der Waals surface area contributed by atoms with Crippen molar-refractivity contribution >= 4 is 7.85 Å². The van der Waals surface area contributed by atoms with Gasteiger partial charge in [0.1, 0.15) is 13.5 Å². The molecule has 0 aromatic heterocycles. The standard InChI is InChI=1S/C9H17BF3N3/c1-4-5-8(2,10)15-6-7(16(3)14)9(11,12)13/h6,15H,4-5,14H2,1-3H3. The molecule has 1 atom stereocenters. The van der Waals surface area contributed by atoms with Crippen molar-refractivity contribution in [2.75, 3.05) is 7.05 Å². The van der Waals surface area contributed by atoms with Crippen LogP contribution < -0.4 is 11.2 Å². The second-order valence-electron chi connectivity index (χ2n) is 3.95. The van der Waals surface area contributed by atoms with Gasteiger partial charge in [-0.25, -0.2) is 5.84 Å². The molecule has 92 valence electrons. The highest BCUT2D eigenvalue weighted by molar-refractivity contribution is 6.15. The fourth-order valence-electron chi connectivity index (χ4n) is 1.21. The molecule has 0 bridgehead atoms. The average Bonchev–Trinajstić information content (AvgIpc) is 1.99. The molecule has 3 N–H and O–H groups in total. The lowest BCUT2D eigenvalue weighted by atomic mass is 9.76. The highest BCUT2D eigenvalue weighted by atomic mass is 19.4. The quantitative estimate of drug-likeness (QED) is 0.430. The predicted molar refractivity (Wildman–Crippen MR) is 58.3 cm³/mol. The molecule has 0 saturated heterocycles. The molecule has 7 heteroatoms. The van der Waals surface area contributed by atoms with E-state index in [9.17, 15) is 13.2 Å². The molecule has 0 aliphatic heterocycles. The number of nitrogens with two attached hydrogens (primary N) is 1. The Labute approximate surface area is 95.2 Å². The van der Waals surface area contributed by atoms with E-state index in [1.807, 2.05) is 6.92 Å². The second kappa shape index (κ2) is 5.47. The predicted octanol–water partition coefficient (Wildman–Crippen LogP) is 1.47. The maximum Gasteiger partial charge on any atom is 0.433 e. The van der Waals surface area contributed by atoms with Crippen molar-refractivity contribution in [3.05, 3.63) is 11.9 Å². The van der Waals surface area contributed by atoms with Gasteiger partial charge in [0, 0.05) is 13.2 Å². The fraction of sp³-hybridized carbons (Fsp3) is 0.778. The Bertz CT molecular complexity index is 249. The number of alkyl halides is 3. The Balaban J connectivity index is 4.71. The van der Waals surface area contributed by atoms with Crippen LogP contribution in [-0.4, -0.2) is 31.5 Å². The molecule has 0 aromatic rings. The number of nitrogens with one attached hydrogen (secondary N) is 1. The number of hydrazine groups is 1. The van der Waals surface area contributed by atoms with Crippen LogP contribution in [0.1, 0.15) is 26.7 Å². The van der Waals surface area contributed by atoms with Gasteiger partial charge in [0.2, 0.25) is 0 Å². The highest BCUT2D eigenvalue weighted by Gasteiger charge is 2.36. The van der Waals surface area contributed by atoms with Gasteiger partial charge in [-0.05, 0) is 11.9 Å². The van der Waals surface area contributed by atoms with Crippen molar-refractivity contribution in [1.29, 1.82) is 0 Å². The minimum atomic E-state index is -4.50. The molecule has 0 spiro atoms. The molecule has 0 saturated carbocycles. The van der Waals surface area contributed by atoms with E-state index in [2.05, 4.69) is 5.32 Å². The summed E-state index contributed by atoms with van der Waals surface area (Å²) in [6.07, 6.45) is -2.37. The van der Waals surface area contributed by atoms with Gasteiger partial charge >= 0.3 is 6.18 Å². The first-order valence-electron chi connectivity index (χ1n) is 4.92. The largest absolute Gasteiger partial charge is 0.433 e. The third-order valence-corrected chi connectivity index (χ3v) is 1.98. The van der Waals surface area contributed by atoms with Crippen LogP contribution in [0.3, 0.4) is 0 Å².